The summed E-state index contributed by atoms with van der Waals surface area (Å²) in [6.07, 6.45) is 1.09. The van der Waals surface area contributed by atoms with Crippen molar-refractivity contribution in [1.29, 1.82) is 0 Å². The number of amides is 1. The molecule has 2 saturated heterocycles. The van der Waals surface area contributed by atoms with Gasteiger partial charge in [-0.05, 0) is 20.8 Å². The Kier molecular flexibility index (Phi) is 2.63. The van der Waals surface area contributed by atoms with Crippen LogP contribution in [0.2, 0.25) is 0 Å². The molecule has 1 amide bonds. The summed E-state index contributed by atoms with van der Waals surface area (Å²) in [7, 11) is 0. The van der Waals surface area contributed by atoms with Crippen LogP contribution in [0.15, 0.2) is 0 Å². The minimum Gasteiger partial charge on any atom is -0.444 e. The molecule has 2 N–H and O–H groups in total. The van der Waals surface area contributed by atoms with Crippen molar-refractivity contribution in [3.05, 3.63) is 0 Å². The van der Waals surface area contributed by atoms with Gasteiger partial charge in [-0.1, -0.05) is 0 Å². The molecule has 2 rings (SSSR count). The summed E-state index contributed by atoms with van der Waals surface area (Å²) in [5, 5.41) is 2.36. The Morgan fingerprint density at radius 2 is 2.13 bits per heavy atom. The smallest absolute Gasteiger partial charge is 0.410 e. The number of hydrogen-bond donors (Lipinski definition) is 1. The highest BCUT2D eigenvalue weighted by Crippen LogP contribution is 2.22. The lowest BCUT2D eigenvalue weighted by atomic mass is 10.1. The molecule has 0 aliphatic carbocycles. The van der Waals surface area contributed by atoms with Crippen molar-refractivity contribution in [2.24, 2.45) is 5.92 Å². The number of rotatable bonds is 0. The third kappa shape index (κ3) is 2.43. The molecule has 0 aromatic rings. The van der Waals surface area contributed by atoms with Gasteiger partial charge in [0.25, 0.3) is 0 Å². The highest BCUT2D eigenvalue weighted by atomic mass is 16.6. The Bertz CT molecular complexity index is 248. The van der Waals surface area contributed by atoms with Crippen LogP contribution in [-0.4, -0.2) is 42.3 Å². The van der Waals surface area contributed by atoms with Gasteiger partial charge in [-0.25, -0.2) is 4.79 Å². The summed E-state index contributed by atoms with van der Waals surface area (Å²) in [5.41, 5.74) is -0.376. The van der Waals surface area contributed by atoms with E-state index in [1.807, 2.05) is 25.7 Å². The molecule has 4 nitrogen and oxygen atoms in total. The van der Waals surface area contributed by atoms with E-state index >= 15 is 0 Å². The first kappa shape index (κ1) is 10.7. The molecule has 2 atom stereocenters. The number of carbonyl (C=O) groups excluding carboxylic acids is 1. The van der Waals surface area contributed by atoms with Crippen LogP contribution in [0.25, 0.3) is 0 Å². The van der Waals surface area contributed by atoms with Crippen molar-refractivity contribution in [1.82, 2.24) is 4.90 Å². The minimum atomic E-state index is -0.376. The average Bonchev–Trinajstić information content (AvgIpc) is 2.56. The quantitative estimate of drug-likeness (QED) is 0.624. The molecule has 2 heterocycles. The van der Waals surface area contributed by atoms with E-state index < -0.39 is 0 Å². The average molecular weight is 213 g/mol. The maximum atomic E-state index is 11.8. The van der Waals surface area contributed by atoms with Crippen LogP contribution in [0, 0.1) is 5.92 Å². The monoisotopic (exact) mass is 213 g/mol. The Hall–Kier alpha value is -0.770. The topological polar surface area (TPSA) is 46.1 Å². The molecule has 0 aromatic heterocycles. The second kappa shape index (κ2) is 3.67. The third-order valence-corrected chi connectivity index (χ3v) is 3.15. The van der Waals surface area contributed by atoms with Gasteiger partial charge >= 0.3 is 6.09 Å². The fraction of sp³-hybridized carbons (Fsp3) is 0.909. The number of quaternary nitrogens is 1. The molecule has 0 bridgehead atoms. The maximum absolute atomic E-state index is 11.8. The molecule has 86 valence electrons. The largest absolute Gasteiger partial charge is 0.444 e. The lowest BCUT2D eigenvalue weighted by Crippen LogP contribution is -2.88. The number of likely N-dealkylation sites (tertiary alicyclic amines) is 1. The van der Waals surface area contributed by atoms with Crippen molar-refractivity contribution in [2.75, 3.05) is 19.6 Å². The molecule has 15 heavy (non-hydrogen) atoms. The molecular weight excluding hydrogens is 192 g/mol. The SMILES string of the molecule is CC(C)(C)OC(=O)N1C[C@H]2CC[NH2+][C@@H]2C1. The van der Waals surface area contributed by atoms with Crippen LogP contribution >= 0.6 is 0 Å². The van der Waals surface area contributed by atoms with Crippen LogP contribution in [0.1, 0.15) is 27.2 Å². The van der Waals surface area contributed by atoms with E-state index in [9.17, 15) is 4.79 Å². The molecule has 0 spiro atoms. The number of ether oxygens (including phenoxy) is 1. The molecule has 0 radical (unpaired) electrons. The predicted octanol–water partition coefficient (Wildman–Crippen LogP) is 0.189. The zero-order valence-corrected chi connectivity index (χ0v) is 9.82. The van der Waals surface area contributed by atoms with Crippen molar-refractivity contribution in [3.8, 4) is 0 Å². The van der Waals surface area contributed by atoms with Crippen LogP contribution in [0.4, 0.5) is 4.79 Å². The zero-order chi connectivity index (χ0) is 11.1. The third-order valence-electron chi connectivity index (χ3n) is 3.15. The summed E-state index contributed by atoms with van der Waals surface area (Å²) >= 11 is 0. The van der Waals surface area contributed by atoms with Gasteiger partial charge < -0.3 is 15.0 Å². The Labute approximate surface area is 91.0 Å². The van der Waals surface area contributed by atoms with E-state index in [4.69, 9.17) is 4.74 Å². The molecule has 2 aliphatic heterocycles. The van der Waals surface area contributed by atoms with Crippen molar-refractivity contribution < 1.29 is 14.8 Å². The van der Waals surface area contributed by atoms with Crippen molar-refractivity contribution in [2.45, 2.75) is 38.8 Å². The molecule has 0 unspecified atom stereocenters. The van der Waals surface area contributed by atoms with Gasteiger partial charge in [0.05, 0.1) is 13.1 Å². The Balaban J connectivity index is 1.88. The summed E-state index contributed by atoms with van der Waals surface area (Å²) in [4.78, 5) is 13.6. The lowest BCUT2D eigenvalue weighted by Gasteiger charge is -2.24. The van der Waals surface area contributed by atoms with E-state index in [0.717, 1.165) is 13.1 Å². The summed E-state index contributed by atoms with van der Waals surface area (Å²) in [6.45, 7) is 8.70. The number of carbonyl (C=O) groups is 1. The number of fused-ring (bicyclic) bond motifs is 1. The van der Waals surface area contributed by atoms with E-state index in [1.165, 1.54) is 13.0 Å². The second-order valence-corrected chi connectivity index (χ2v) is 5.62. The molecule has 0 saturated carbocycles. The van der Waals surface area contributed by atoms with Crippen LogP contribution in [-0.2, 0) is 4.74 Å². The minimum absolute atomic E-state index is 0.148. The van der Waals surface area contributed by atoms with Gasteiger partial charge in [0.1, 0.15) is 11.6 Å². The number of nitrogens with zero attached hydrogens (tertiary/aromatic N) is 1. The van der Waals surface area contributed by atoms with Gasteiger partial charge in [-0.2, -0.15) is 0 Å². The maximum Gasteiger partial charge on any atom is 0.410 e. The predicted molar refractivity (Wildman–Crippen MR) is 56.5 cm³/mol. The molecular formula is C11H21N2O2+. The first-order valence-corrected chi connectivity index (χ1v) is 5.77. The van der Waals surface area contributed by atoms with Crippen LogP contribution in [0.3, 0.4) is 0 Å². The first-order valence-electron chi connectivity index (χ1n) is 5.77. The van der Waals surface area contributed by atoms with E-state index in [1.54, 1.807) is 0 Å². The fourth-order valence-electron chi connectivity index (χ4n) is 2.47. The summed E-state index contributed by atoms with van der Waals surface area (Å²) in [5.74, 6) is 0.692. The van der Waals surface area contributed by atoms with Crippen LogP contribution in [0.5, 0.6) is 0 Å². The standard InChI is InChI=1S/C11H20N2O2/c1-11(2,3)15-10(14)13-6-8-4-5-12-9(8)7-13/h8-9,12H,4-7H2,1-3H3/p+1/t8-,9-/m1/s1. The van der Waals surface area contributed by atoms with Gasteiger partial charge in [-0.3, -0.25) is 0 Å². The molecule has 4 heteroatoms. The second-order valence-electron chi connectivity index (χ2n) is 5.62. The van der Waals surface area contributed by atoms with E-state index in [2.05, 4.69) is 5.32 Å². The summed E-state index contributed by atoms with van der Waals surface area (Å²) < 4.78 is 5.36. The fourth-order valence-corrected chi connectivity index (χ4v) is 2.47. The number of hydrogen-bond acceptors (Lipinski definition) is 2. The van der Waals surface area contributed by atoms with Gasteiger partial charge in [0, 0.05) is 18.9 Å². The summed E-state index contributed by atoms with van der Waals surface area (Å²) in [6, 6.07) is 0.623. The van der Waals surface area contributed by atoms with Crippen molar-refractivity contribution >= 4 is 6.09 Å². The van der Waals surface area contributed by atoms with E-state index in [-0.39, 0.29) is 11.7 Å². The Morgan fingerprint density at radius 3 is 2.73 bits per heavy atom. The van der Waals surface area contributed by atoms with Gasteiger partial charge in [-0.15, -0.1) is 0 Å². The molecule has 0 aromatic carbocycles. The normalized spacial score (nSPS) is 30.5. The Morgan fingerprint density at radius 1 is 1.40 bits per heavy atom. The van der Waals surface area contributed by atoms with Crippen molar-refractivity contribution in [3.63, 3.8) is 0 Å². The highest BCUT2D eigenvalue weighted by molar-refractivity contribution is 5.68. The zero-order valence-electron chi connectivity index (χ0n) is 9.82. The van der Waals surface area contributed by atoms with Crippen LogP contribution < -0.4 is 5.32 Å². The molecule has 2 fully saturated rings. The first-order chi connectivity index (χ1) is 6.96. The van der Waals surface area contributed by atoms with Gasteiger partial charge in [0.2, 0.25) is 0 Å². The highest BCUT2D eigenvalue weighted by Gasteiger charge is 2.42. The molecule has 2 aliphatic rings. The lowest BCUT2D eigenvalue weighted by molar-refractivity contribution is -0.669. The van der Waals surface area contributed by atoms with Gasteiger partial charge in [0.15, 0.2) is 0 Å². The number of nitrogens with two attached hydrogens (primary N) is 1. The van der Waals surface area contributed by atoms with E-state index in [0.29, 0.717) is 12.0 Å².